The molecule has 0 bridgehead atoms. The summed E-state index contributed by atoms with van der Waals surface area (Å²) in [6.45, 7) is 0.347. The zero-order chi connectivity index (χ0) is 17.4. The van der Waals surface area contributed by atoms with Gasteiger partial charge in [-0.2, -0.15) is 0 Å². The van der Waals surface area contributed by atoms with Crippen LogP contribution in [0.3, 0.4) is 0 Å². The van der Waals surface area contributed by atoms with Crippen molar-refractivity contribution < 1.29 is 18.8 Å². The number of benzene rings is 1. The maximum absolute atomic E-state index is 12.3. The molecule has 1 aromatic carbocycles. The fourth-order valence-electron chi connectivity index (χ4n) is 2.08. The van der Waals surface area contributed by atoms with Gasteiger partial charge in [-0.25, -0.2) is 0 Å². The van der Waals surface area contributed by atoms with Gasteiger partial charge in [0.2, 0.25) is 5.91 Å². The van der Waals surface area contributed by atoms with Gasteiger partial charge in [-0.3, -0.25) is 9.59 Å². The first kappa shape index (κ1) is 17.9. The van der Waals surface area contributed by atoms with E-state index in [2.05, 4.69) is 26.6 Å². The average Bonchev–Trinajstić information content (AvgIpc) is 3.03. The number of rotatable bonds is 8. The number of furan rings is 1. The summed E-state index contributed by atoms with van der Waals surface area (Å²) in [5, 5.41) is 5.35. The van der Waals surface area contributed by atoms with E-state index in [1.54, 1.807) is 6.07 Å². The van der Waals surface area contributed by atoms with Gasteiger partial charge in [0.25, 0.3) is 5.91 Å². The van der Waals surface area contributed by atoms with Crippen LogP contribution in [0.1, 0.15) is 29.0 Å². The number of amides is 2. The molecule has 2 amide bonds. The van der Waals surface area contributed by atoms with Gasteiger partial charge in [-0.05, 0) is 40.0 Å². The number of halogens is 1. The summed E-state index contributed by atoms with van der Waals surface area (Å²) in [4.78, 5) is 35.0. The molecular weight excluding hydrogens is 376 g/mol. The molecule has 1 atom stereocenters. The van der Waals surface area contributed by atoms with Gasteiger partial charge < -0.3 is 19.8 Å². The van der Waals surface area contributed by atoms with E-state index in [0.717, 1.165) is 5.56 Å². The van der Waals surface area contributed by atoms with Crippen LogP contribution in [0.5, 0.6) is 0 Å². The minimum Gasteiger partial charge on any atom is -0.444 e. The Labute approximate surface area is 147 Å². The van der Waals surface area contributed by atoms with Crippen molar-refractivity contribution in [2.45, 2.75) is 25.4 Å². The molecule has 0 saturated heterocycles. The first-order chi connectivity index (χ1) is 11.6. The van der Waals surface area contributed by atoms with Gasteiger partial charge in [0, 0.05) is 13.0 Å². The zero-order valence-corrected chi connectivity index (χ0v) is 14.4. The summed E-state index contributed by atoms with van der Waals surface area (Å²) in [5.74, 6) is -0.764. The van der Waals surface area contributed by atoms with Gasteiger partial charge in [0.05, 0.1) is 0 Å². The molecule has 1 heterocycles. The Balaban J connectivity index is 1.96. The van der Waals surface area contributed by atoms with Gasteiger partial charge in [-0.1, -0.05) is 30.3 Å². The molecule has 1 aromatic heterocycles. The van der Waals surface area contributed by atoms with Crippen LogP contribution >= 0.6 is 15.9 Å². The van der Waals surface area contributed by atoms with E-state index in [1.165, 1.54) is 6.07 Å². The lowest BCUT2D eigenvalue weighted by atomic mass is 10.1. The number of aldehydes is 1. The predicted molar refractivity (Wildman–Crippen MR) is 91.2 cm³/mol. The molecule has 2 N–H and O–H groups in total. The molecule has 0 saturated carbocycles. The van der Waals surface area contributed by atoms with E-state index >= 15 is 0 Å². The Bertz CT molecular complexity index is 700. The quantitative estimate of drug-likeness (QED) is 0.675. The molecule has 2 rings (SSSR count). The van der Waals surface area contributed by atoms with Gasteiger partial charge >= 0.3 is 0 Å². The minimum absolute atomic E-state index is 0.0915. The molecule has 0 aliphatic carbocycles. The Hall–Kier alpha value is -2.41. The van der Waals surface area contributed by atoms with E-state index in [4.69, 9.17) is 4.42 Å². The molecule has 126 valence electrons. The van der Waals surface area contributed by atoms with Crippen molar-refractivity contribution in [2.24, 2.45) is 0 Å². The lowest BCUT2D eigenvalue weighted by Crippen LogP contribution is -2.46. The maximum Gasteiger partial charge on any atom is 0.287 e. The number of carbonyl (C=O) groups excluding carboxylic acids is 3. The van der Waals surface area contributed by atoms with Crippen LogP contribution in [0.15, 0.2) is 51.6 Å². The van der Waals surface area contributed by atoms with Crippen LogP contribution in [0.2, 0.25) is 0 Å². The molecule has 0 fully saturated rings. The fourth-order valence-corrected chi connectivity index (χ4v) is 2.38. The second-order valence-corrected chi connectivity index (χ2v) is 5.86. The third-order valence-electron chi connectivity index (χ3n) is 3.30. The molecule has 0 aliphatic rings. The Kier molecular flexibility index (Phi) is 6.74. The lowest BCUT2D eigenvalue weighted by Gasteiger charge is -2.17. The molecular formula is C17H17BrN2O4. The molecule has 6 nitrogen and oxygen atoms in total. The van der Waals surface area contributed by atoms with Crippen molar-refractivity contribution >= 4 is 34.0 Å². The zero-order valence-electron chi connectivity index (χ0n) is 12.8. The standard InChI is InChI=1S/C17H17BrN2O4/c18-15-9-8-14(24-15)17(23)20-13(7-4-10-21)16(22)19-11-12-5-2-1-3-6-12/h1-3,5-6,8-10,13H,4,7,11H2,(H,19,22)(H,20,23)/t13-/m0/s1. The second kappa shape index (κ2) is 9.02. The number of nitrogens with one attached hydrogen (secondary N) is 2. The third kappa shape index (κ3) is 5.34. The number of hydrogen-bond acceptors (Lipinski definition) is 4. The highest BCUT2D eigenvalue weighted by Crippen LogP contribution is 2.14. The first-order valence-electron chi connectivity index (χ1n) is 7.41. The summed E-state index contributed by atoms with van der Waals surface area (Å²) < 4.78 is 5.58. The molecule has 2 aromatic rings. The monoisotopic (exact) mass is 392 g/mol. The summed E-state index contributed by atoms with van der Waals surface area (Å²) in [6.07, 6.45) is 1.11. The number of carbonyl (C=O) groups is 3. The smallest absolute Gasteiger partial charge is 0.287 e. The SMILES string of the molecule is O=CCC[C@H](NC(=O)c1ccc(Br)o1)C(=O)NCc1ccccc1. The molecule has 0 aliphatic heterocycles. The molecule has 0 unspecified atom stereocenters. The number of hydrogen-bond donors (Lipinski definition) is 2. The summed E-state index contributed by atoms with van der Waals surface area (Å²) in [5.41, 5.74) is 0.946. The topological polar surface area (TPSA) is 88.4 Å². The van der Waals surface area contributed by atoms with E-state index in [9.17, 15) is 14.4 Å². The van der Waals surface area contributed by atoms with Crippen molar-refractivity contribution in [1.82, 2.24) is 10.6 Å². The lowest BCUT2D eigenvalue weighted by molar-refractivity contribution is -0.123. The van der Waals surface area contributed by atoms with Crippen molar-refractivity contribution in [3.05, 3.63) is 58.5 Å². The average molecular weight is 393 g/mol. The molecule has 24 heavy (non-hydrogen) atoms. The molecule has 7 heteroatoms. The first-order valence-corrected chi connectivity index (χ1v) is 8.21. The summed E-state index contributed by atoms with van der Waals surface area (Å²) >= 11 is 3.12. The molecule has 0 spiro atoms. The maximum atomic E-state index is 12.3. The van der Waals surface area contributed by atoms with E-state index in [-0.39, 0.29) is 24.5 Å². The van der Waals surface area contributed by atoms with Gasteiger partial charge in [-0.15, -0.1) is 0 Å². The van der Waals surface area contributed by atoms with Crippen molar-refractivity contribution in [1.29, 1.82) is 0 Å². The fraction of sp³-hybridized carbons (Fsp3) is 0.235. The third-order valence-corrected chi connectivity index (χ3v) is 3.73. The Morgan fingerprint density at radius 1 is 1.17 bits per heavy atom. The Morgan fingerprint density at radius 2 is 1.92 bits per heavy atom. The van der Waals surface area contributed by atoms with Crippen LogP contribution in [-0.2, 0) is 16.1 Å². The highest BCUT2D eigenvalue weighted by molar-refractivity contribution is 9.10. The minimum atomic E-state index is -0.810. The Morgan fingerprint density at radius 3 is 2.54 bits per heavy atom. The van der Waals surface area contributed by atoms with Crippen LogP contribution in [0.4, 0.5) is 0 Å². The molecule has 0 radical (unpaired) electrons. The van der Waals surface area contributed by atoms with Crippen molar-refractivity contribution in [3.8, 4) is 0 Å². The predicted octanol–water partition coefficient (Wildman–Crippen LogP) is 2.44. The van der Waals surface area contributed by atoms with Crippen molar-refractivity contribution in [2.75, 3.05) is 0 Å². The van der Waals surface area contributed by atoms with Crippen LogP contribution in [0.25, 0.3) is 0 Å². The van der Waals surface area contributed by atoms with E-state index in [0.29, 0.717) is 17.5 Å². The summed E-state index contributed by atoms with van der Waals surface area (Å²) in [6, 6.07) is 11.7. The van der Waals surface area contributed by atoms with Crippen LogP contribution < -0.4 is 10.6 Å². The van der Waals surface area contributed by atoms with E-state index in [1.807, 2.05) is 30.3 Å². The summed E-state index contributed by atoms with van der Waals surface area (Å²) in [7, 11) is 0. The largest absolute Gasteiger partial charge is 0.444 e. The second-order valence-electron chi connectivity index (χ2n) is 5.08. The van der Waals surface area contributed by atoms with Crippen LogP contribution in [-0.4, -0.2) is 24.1 Å². The van der Waals surface area contributed by atoms with Gasteiger partial charge in [0.1, 0.15) is 12.3 Å². The normalized spacial score (nSPS) is 11.5. The van der Waals surface area contributed by atoms with Crippen molar-refractivity contribution in [3.63, 3.8) is 0 Å². The van der Waals surface area contributed by atoms with Gasteiger partial charge in [0.15, 0.2) is 10.4 Å². The highest BCUT2D eigenvalue weighted by Gasteiger charge is 2.22. The highest BCUT2D eigenvalue weighted by atomic mass is 79.9. The van der Waals surface area contributed by atoms with Crippen LogP contribution in [0, 0.1) is 0 Å². The van der Waals surface area contributed by atoms with E-state index < -0.39 is 11.9 Å².